The largest absolute Gasteiger partial charge is 0.455 e. The maximum Gasteiger partial charge on any atom is 0.321 e. The van der Waals surface area contributed by atoms with E-state index in [0.717, 1.165) is 0 Å². The Morgan fingerprint density at radius 2 is 1.90 bits per heavy atom. The molecule has 1 aromatic rings. The van der Waals surface area contributed by atoms with Crippen molar-refractivity contribution in [2.24, 2.45) is 0 Å². The molecule has 0 radical (unpaired) electrons. The molecule has 0 aromatic heterocycles. The molecule has 20 heavy (non-hydrogen) atoms. The van der Waals surface area contributed by atoms with Crippen LogP contribution in [0, 0.1) is 0 Å². The van der Waals surface area contributed by atoms with Crippen LogP contribution in [0.25, 0.3) is 0 Å². The second-order valence-electron chi connectivity index (χ2n) is 3.71. The van der Waals surface area contributed by atoms with E-state index >= 15 is 0 Å². The average molecular weight is 319 g/mol. The van der Waals surface area contributed by atoms with E-state index in [1.54, 1.807) is 12.1 Å². The summed E-state index contributed by atoms with van der Waals surface area (Å²) in [6, 6.07) is 4.05. The Morgan fingerprint density at radius 3 is 2.50 bits per heavy atom. The molecule has 108 valence electrons. The molecule has 1 aromatic carbocycles. The van der Waals surface area contributed by atoms with E-state index in [4.69, 9.17) is 27.9 Å². The number of carbonyl (C=O) groups excluding carboxylic acids is 3. The van der Waals surface area contributed by atoms with E-state index in [-0.39, 0.29) is 6.42 Å². The van der Waals surface area contributed by atoms with Crippen LogP contribution in [0.5, 0.6) is 0 Å². The minimum Gasteiger partial charge on any atom is -0.455 e. The first kappa shape index (κ1) is 16.3. The number of urea groups is 1. The molecule has 0 aliphatic rings. The summed E-state index contributed by atoms with van der Waals surface area (Å²) in [4.78, 5) is 33.5. The van der Waals surface area contributed by atoms with Crippen LogP contribution in [0.3, 0.4) is 0 Å². The molecule has 3 amide bonds. The number of nitrogens with one attached hydrogen (secondary N) is 2. The van der Waals surface area contributed by atoms with Crippen LogP contribution < -0.4 is 10.6 Å². The van der Waals surface area contributed by atoms with Crippen LogP contribution in [-0.2, 0) is 20.7 Å². The zero-order valence-corrected chi connectivity index (χ0v) is 12.0. The van der Waals surface area contributed by atoms with Gasteiger partial charge in [-0.1, -0.05) is 29.3 Å². The molecule has 8 heteroatoms. The average Bonchev–Trinajstić information content (AvgIpc) is 2.40. The molecule has 6 nitrogen and oxygen atoms in total. The molecule has 0 atom stereocenters. The molecule has 0 saturated carbocycles. The van der Waals surface area contributed by atoms with Crippen molar-refractivity contribution in [2.75, 3.05) is 13.7 Å². The molecule has 0 aliphatic carbocycles. The molecular weight excluding hydrogens is 307 g/mol. The molecule has 0 heterocycles. The van der Waals surface area contributed by atoms with Crippen LogP contribution in [-0.4, -0.2) is 31.6 Å². The molecule has 0 aliphatic heterocycles. The second-order valence-corrected chi connectivity index (χ2v) is 4.53. The van der Waals surface area contributed by atoms with Crippen molar-refractivity contribution in [3.05, 3.63) is 33.8 Å². The summed E-state index contributed by atoms with van der Waals surface area (Å²) in [5.74, 6) is -1.33. The SMILES string of the molecule is CNC(=O)NC(=O)COC(=O)Cc1ccc(Cl)c(Cl)c1. The molecular formula is C12H12Cl2N2O4. The Labute approximate surface area is 125 Å². The highest BCUT2D eigenvalue weighted by Crippen LogP contribution is 2.22. The predicted octanol–water partition coefficient (Wildman–Crippen LogP) is 1.53. The molecule has 0 spiro atoms. The van der Waals surface area contributed by atoms with Crippen molar-refractivity contribution >= 4 is 41.1 Å². The Hall–Kier alpha value is -1.79. The van der Waals surface area contributed by atoms with E-state index in [9.17, 15) is 14.4 Å². The van der Waals surface area contributed by atoms with Gasteiger partial charge in [0.15, 0.2) is 6.61 Å². The number of hydrogen-bond donors (Lipinski definition) is 2. The molecule has 0 saturated heterocycles. The van der Waals surface area contributed by atoms with E-state index < -0.39 is 24.5 Å². The smallest absolute Gasteiger partial charge is 0.321 e. The minimum atomic E-state index is -0.716. The van der Waals surface area contributed by atoms with Crippen LogP contribution in [0.4, 0.5) is 4.79 Å². The van der Waals surface area contributed by atoms with Crippen molar-refractivity contribution in [1.29, 1.82) is 0 Å². The summed E-state index contributed by atoms with van der Waals surface area (Å²) in [7, 11) is 1.36. The van der Waals surface area contributed by atoms with Gasteiger partial charge in [-0.05, 0) is 17.7 Å². The third-order valence-electron chi connectivity index (χ3n) is 2.18. The number of hydrogen-bond acceptors (Lipinski definition) is 4. The summed E-state index contributed by atoms with van der Waals surface area (Å²) in [6.07, 6.45) is -0.0514. The van der Waals surface area contributed by atoms with E-state index in [2.05, 4.69) is 5.32 Å². The Balaban J connectivity index is 2.42. The van der Waals surface area contributed by atoms with Crippen LogP contribution >= 0.6 is 23.2 Å². The lowest BCUT2D eigenvalue weighted by Gasteiger charge is -2.06. The predicted molar refractivity (Wildman–Crippen MR) is 73.7 cm³/mol. The van der Waals surface area contributed by atoms with Gasteiger partial charge in [-0.25, -0.2) is 4.79 Å². The highest BCUT2D eigenvalue weighted by molar-refractivity contribution is 6.42. The van der Waals surface area contributed by atoms with Crippen molar-refractivity contribution in [1.82, 2.24) is 10.6 Å². The van der Waals surface area contributed by atoms with E-state index in [1.165, 1.54) is 13.1 Å². The normalized spacial score (nSPS) is 9.75. The second kappa shape index (κ2) is 7.72. The van der Waals surface area contributed by atoms with E-state index in [1.807, 2.05) is 5.32 Å². The zero-order valence-electron chi connectivity index (χ0n) is 10.5. The van der Waals surface area contributed by atoms with Crippen LogP contribution in [0.1, 0.15) is 5.56 Å². The van der Waals surface area contributed by atoms with Gasteiger partial charge in [0.05, 0.1) is 16.5 Å². The number of halogens is 2. The third-order valence-corrected chi connectivity index (χ3v) is 2.92. The van der Waals surface area contributed by atoms with Gasteiger partial charge in [0, 0.05) is 7.05 Å². The van der Waals surface area contributed by atoms with Crippen LogP contribution in [0.2, 0.25) is 10.0 Å². The fraction of sp³-hybridized carbons (Fsp3) is 0.250. The van der Waals surface area contributed by atoms with Gasteiger partial charge in [-0.2, -0.15) is 0 Å². The minimum absolute atomic E-state index is 0.0514. The third kappa shape index (κ3) is 5.46. The number of esters is 1. The number of benzene rings is 1. The first-order chi connectivity index (χ1) is 9.42. The quantitative estimate of drug-likeness (QED) is 0.825. The Morgan fingerprint density at radius 1 is 1.20 bits per heavy atom. The summed E-state index contributed by atoms with van der Waals surface area (Å²) < 4.78 is 4.72. The number of carbonyl (C=O) groups is 3. The summed E-state index contributed by atoms with van der Waals surface area (Å²) in [5, 5.41) is 4.87. The van der Waals surface area contributed by atoms with Gasteiger partial charge < -0.3 is 10.1 Å². The summed E-state index contributed by atoms with van der Waals surface area (Å²) >= 11 is 11.5. The molecule has 0 bridgehead atoms. The summed E-state index contributed by atoms with van der Waals surface area (Å²) in [5.41, 5.74) is 0.608. The van der Waals surface area contributed by atoms with E-state index in [0.29, 0.717) is 15.6 Å². The van der Waals surface area contributed by atoms with Crippen LogP contribution in [0.15, 0.2) is 18.2 Å². The zero-order chi connectivity index (χ0) is 15.1. The maximum absolute atomic E-state index is 11.5. The number of amides is 3. The Bertz CT molecular complexity index is 534. The number of ether oxygens (including phenoxy) is 1. The molecule has 0 unspecified atom stereocenters. The lowest BCUT2D eigenvalue weighted by atomic mass is 10.1. The fourth-order valence-corrected chi connectivity index (χ4v) is 1.56. The highest BCUT2D eigenvalue weighted by atomic mass is 35.5. The van der Waals surface area contributed by atoms with Gasteiger partial charge in [0.1, 0.15) is 0 Å². The lowest BCUT2D eigenvalue weighted by molar-refractivity contribution is -0.147. The highest BCUT2D eigenvalue weighted by Gasteiger charge is 2.11. The van der Waals surface area contributed by atoms with Crippen molar-refractivity contribution in [3.63, 3.8) is 0 Å². The molecule has 2 N–H and O–H groups in total. The maximum atomic E-state index is 11.5. The number of imide groups is 1. The lowest BCUT2D eigenvalue weighted by Crippen LogP contribution is -2.39. The van der Waals surface area contributed by atoms with Gasteiger partial charge in [-0.15, -0.1) is 0 Å². The topological polar surface area (TPSA) is 84.5 Å². The molecule has 1 rings (SSSR count). The van der Waals surface area contributed by atoms with Gasteiger partial charge in [-0.3, -0.25) is 14.9 Å². The first-order valence-electron chi connectivity index (χ1n) is 5.53. The first-order valence-corrected chi connectivity index (χ1v) is 6.29. The van der Waals surface area contributed by atoms with Gasteiger partial charge in [0.2, 0.25) is 0 Å². The monoisotopic (exact) mass is 318 g/mol. The van der Waals surface area contributed by atoms with Crippen molar-refractivity contribution in [2.45, 2.75) is 6.42 Å². The standard InChI is InChI=1S/C12H12Cl2N2O4/c1-15-12(19)16-10(17)6-20-11(18)5-7-2-3-8(13)9(14)4-7/h2-4H,5-6H2,1H3,(H2,15,16,17,19). The van der Waals surface area contributed by atoms with Crippen molar-refractivity contribution < 1.29 is 19.1 Å². The molecule has 0 fully saturated rings. The summed E-state index contributed by atoms with van der Waals surface area (Å²) in [6.45, 7) is -0.534. The fourth-order valence-electron chi connectivity index (χ4n) is 1.24. The van der Waals surface area contributed by atoms with Crippen molar-refractivity contribution in [3.8, 4) is 0 Å². The van der Waals surface area contributed by atoms with Gasteiger partial charge in [0.25, 0.3) is 5.91 Å². The Kier molecular flexibility index (Phi) is 6.27. The number of rotatable bonds is 4. The van der Waals surface area contributed by atoms with Gasteiger partial charge >= 0.3 is 12.0 Å².